The smallest absolute Gasteiger partial charge is 0.328 e. The molecule has 0 saturated carbocycles. The minimum Gasteiger partial charge on any atom is -0.480 e. The van der Waals surface area contributed by atoms with Gasteiger partial charge in [-0.25, -0.2) is 9.59 Å². The van der Waals surface area contributed by atoms with Gasteiger partial charge in [-0.3, -0.25) is 9.59 Å². The molecular formula is C21H31N3O6. The highest BCUT2D eigenvalue weighted by Crippen LogP contribution is 2.12. The van der Waals surface area contributed by atoms with Crippen LogP contribution in [0.25, 0.3) is 0 Å². The molecule has 1 aromatic carbocycles. The van der Waals surface area contributed by atoms with E-state index < -0.39 is 29.9 Å². The molecule has 0 aromatic heterocycles. The molecule has 9 nitrogen and oxygen atoms in total. The quantitative estimate of drug-likeness (QED) is 0.268. The van der Waals surface area contributed by atoms with Crippen LogP contribution in [-0.4, -0.2) is 54.6 Å². The SMILES string of the molecule is COC(=O)[C@H](Cc1cccc(C[C@H](NC(C)=O)C(=O)O)c1)NC(=O)CCCCCN. The van der Waals surface area contributed by atoms with E-state index >= 15 is 0 Å². The summed E-state index contributed by atoms with van der Waals surface area (Å²) in [6.07, 6.45) is 2.97. The van der Waals surface area contributed by atoms with Gasteiger partial charge in [-0.05, 0) is 30.5 Å². The van der Waals surface area contributed by atoms with Crippen LogP contribution in [0.1, 0.15) is 43.7 Å². The van der Waals surface area contributed by atoms with Crippen molar-refractivity contribution in [3.05, 3.63) is 35.4 Å². The number of nitrogens with two attached hydrogens (primary N) is 1. The molecule has 0 fully saturated rings. The third kappa shape index (κ3) is 9.51. The van der Waals surface area contributed by atoms with Gasteiger partial charge in [0.25, 0.3) is 0 Å². The van der Waals surface area contributed by atoms with Gasteiger partial charge in [-0.2, -0.15) is 0 Å². The first-order chi connectivity index (χ1) is 14.3. The van der Waals surface area contributed by atoms with E-state index in [0.717, 1.165) is 18.4 Å². The molecule has 0 radical (unpaired) electrons. The normalized spacial score (nSPS) is 12.5. The van der Waals surface area contributed by atoms with E-state index in [1.54, 1.807) is 24.3 Å². The summed E-state index contributed by atoms with van der Waals surface area (Å²) in [5.41, 5.74) is 6.86. The fourth-order valence-corrected chi connectivity index (χ4v) is 3.01. The second-order valence-corrected chi connectivity index (χ2v) is 7.06. The molecule has 0 heterocycles. The summed E-state index contributed by atoms with van der Waals surface area (Å²) >= 11 is 0. The second kappa shape index (κ2) is 13.3. The Morgan fingerprint density at radius 2 is 1.67 bits per heavy atom. The van der Waals surface area contributed by atoms with Crippen LogP contribution in [0.2, 0.25) is 0 Å². The lowest BCUT2D eigenvalue weighted by atomic mass is 9.99. The zero-order valence-corrected chi connectivity index (χ0v) is 17.5. The van der Waals surface area contributed by atoms with Gasteiger partial charge in [0.15, 0.2) is 0 Å². The van der Waals surface area contributed by atoms with Crippen LogP contribution in [-0.2, 0) is 36.8 Å². The van der Waals surface area contributed by atoms with Crippen molar-refractivity contribution in [2.45, 2.75) is 57.5 Å². The summed E-state index contributed by atoms with van der Waals surface area (Å²) in [5.74, 6) is -2.36. The Morgan fingerprint density at radius 1 is 1.03 bits per heavy atom. The maximum Gasteiger partial charge on any atom is 0.328 e. The first-order valence-electron chi connectivity index (χ1n) is 9.91. The number of ether oxygens (including phenoxy) is 1. The maximum atomic E-state index is 12.2. The number of amides is 2. The predicted molar refractivity (Wildman–Crippen MR) is 111 cm³/mol. The lowest BCUT2D eigenvalue weighted by molar-refractivity contribution is -0.145. The number of methoxy groups -OCH3 is 1. The van der Waals surface area contributed by atoms with E-state index in [1.165, 1.54) is 14.0 Å². The molecule has 30 heavy (non-hydrogen) atoms. The topological polar surface area (TPSA) is 148 Å². The molecule has 166 valence electrons. The molecule has 2 atom stereocenters. The van der Waals surface area contributed by atoms with E-state index in [0.29, 0.717) is 24.9 Å². The summed E-state index contributed by atoms with van der Waals surface area (Å²) in [6.45, 7) is 1.83. The predicted octanol–water partition coefficient (Wildman–Crippen LogP) is 0.538. The number of carbonyl (C=O) groups is 4. The van der Waals surface area contributed by atoms with Gasteiger partial charge in [0.1, 0.15) is 12.1 Å². The Hall–Kier alpha value is -2.94. The number of carbonyl (C=O) groups excluding carboxylic acids is 3. The monoisotopic (exact) mass is 421 g/mol. The fraction of sp³-hybridized carbons (Fsp3) is 0.524. The summed E-state index contributed by atoms with van der Waals surface area (Å²) in [7, 11) is 1.25. The van der Waals surface area contributed by atoms with Crippen LogP contribution >= 0.6 is 0 Å². The first-order valence-corrected chi connectivity index (χ1v) is 9.91. The first kappa shape index (κ1) is 25.1. The molecule has 0 bridgehead atoms. The Bertz CT molecular complexity index is 737. The molecule has 0 saturated heterocycles. The minimum absolute atomic E-state index is 0.0964. The van der Waals surface area contributed by atoms with Crippen molar-refractivity contribution in [2.75, 3.05) is 13.7 Å². The van der Waals surface area contributed by atoms with Crippen molar-refractivity contribution in [1.29, 1.82) is 0 Å². The standard InChI is InChI=1S/C21H31N3O6/c1-14(25)23-17(20(27)28)12-15-7-6-8-16(11-15)13-18(21(29)30-2)24-19(26)9-4-3-5-10-22/h6-8,11,17-18H,3-5,9-10,12-13,22H2,1-2H3,(H,23,25)(H,24,26)(H,27,28)/t17-,18-/m0/s1. The molecule has 0 aliphatic rings. The van der Waals surface area contributed by atoms with Gasteiger partial charge < -0.3 is 26.2 Å². The average Bonchev–Trinajstić information content (AvgIpc) is 2.69. The van der Waals surface area contributed by atoms with Crippen LogP contribution in [0.5, 0.6) is 0 Å². The molecule has 1 aromatic rings. The summed E-state index contributed by atoms with van der Waals surface area (Å²) < 4.78 is 4.80. The Kier molecular flexibility index (Phi) is 11.1. The number of rotatable bonds is 13. The molecule has 2 amide bonds. The zero-order chi connectivity index (χ0) is 22.5. The van der Waals surface area contributed by atoms with Gasteiger partial charge in [0, 0.05) is 26.2 Å². The van der Waals surface area contributed by atoms with Crippen LogP contribution in [0, 0.1) is 0 Å². The Morgan fingerprint density at radius 3 is 2.20 bits per heavy atom. The van der Waals surface area contributed by atoms with E-state index in [-0.39, 0.29) is 18.7 Å². The van der Waals surface area contributed by atoms with Gasteiger partial charge in [-0.15, -0.1) is 0 Å². The number of carboxylic acid groups (broad SMARTS) is 1. The summed E-state index contributed by atoms with van der Waals surface area (Å²) in [5, 5.41) is 14.4. The zero-order valence-electron chi connectivity index (χ0n) is 17.5. The minimum atomic E-state index is -1.13. The van der Waals surface area contributed by atoms with Gasteiger partial charge in [0.05, 0.1) is 7.11 Å². The fourth-order valence-electron chi connectivity index (χ4n) is 3.01. The molecule has 0 aliphatic carbocycles. The van der Waals surface area contributed by atoms with Crippen LogP contribution in [0.3, 0.4) is 0 Å². The molecule has 1 rings (SSSR count). The highest BCUT2D eigenvalue weighted by molar-refractivity contribution is 5.84. The number of esters is 1. The number of hydrogen-bond acceptors (Lipinski definition) is 6. The van der Waals surface area contributed by atoms with E-state index in [4.69, 9.17) is 10.5 Å². The molecule has 5 N–H and O–H groups in total. The van der Waals surface area contributed by atoms with Gasteiger partial charge in [0.2, 0.25) is 11.8 Å². The number of aliphatic carboxylic acids is 1. The molecule has 0 aliphatic heterocycles. The largest absolute Gasteiger partial charge is 0.480 e. The van der Waals surface area contributed by atoms with Crippen molar-refractivity contribution in [3.8, 4) is 0 Å². The van der Waals surface area contributed by atoms with Crippen LogP contribution < -0.4 is 16.4 Å². The van der Waals surface area contributed by atoms with Crippen molar-refractivity contribution in [1.82, 2.24) is 10.6 Å². The average molecular weight is 421 g/mol. The Balaban J connectivity index is 2.81. The number of carboxylic acids is 1. The number of hydrogen-bond donors (Lipinski definition) is 4. The Labute approximate surface area is 176 Å². The third-order valence-electron chi connectivity index (χ3n) is 4.48. The van der Waals surface area contributed by atoms with E-state index in [1.807, 2.05) is 0 Å². The van der Waals surface area contributed by atoms with Crippen LogP contribution in [0.15, 0.2) is 24.3 Å². The molecular weight excluding hydrogens is 390 g/mol. The molecule has 0 unspecified atom stereocenters. The lowest BCUT2D eigenvalue weighted by Crippen LogP contribution is -2.43. The number of unbranched alkanes of at least 4 members (excludes halogenated alkanes) is 2. The molecule has 0 spiro atoms. The number of nitrogens with one attached hydrogen (secondary N) is 2. The van der Waals surface area contributed by atoms with Crippen molar-refractivity contribution in [3.63, 3.8) is 0 Å². The third-order valence-corrected chi connectivity index (χ3v) is 4.48. The highest BCUT2D eigenvalue weighted by atomic mass is 16.5. The van der Waals surface area contributed by atoms with Crippen molar-refractivity contribution >= 4 is 23.8 Å². The van der Waals surface area contributed by atoms with Crippen molar-refractivity contribution in [2.24, 2.45) is 5.73 Å². The summed E-state index contributed by atoms with van der Waals surface area (Å²) in [4.78, 5) is 46.8. The lowest BCUT2D eigenvalue weighted by Gasteiger charge is -2.18. The summed E-state index contributed by atoms with van der Waals surface area (Å²) in [6, 6.07) is 5.10. The molecule has 9 heteroatoms. The highest BCUT2D eigenvalue weighted by Gasteiger charge is 2.23. The van der Waals surface area contributed by atoms with E-state index in [9.17, 15) is 24.3 Å². The van der Waals surface area contributed by atoms with Gasteiger partial charge in [-0.1, -0.05) is 30.7 Å². The second-order valence-electron chi connectivity index (χ2n) is 7.06. The van der Waals surface area contributed by atoms with Crippen LogP contribution in [0.4, 0.5) is 0 Å². The number of benzene rings is 1. The maximum absolute atomic E-state index is 12.2. The van der Waals surface area contributed by atoms with Crippen molar-refractivity contribution < 1.29 is 29.0 Å². The van der Waals surface area contributed by atoms with Gasteiger partial charge >= 0.3 is 11.9 Å². The van der Waals surface area contributed by atoms with E-state index in [2.05, 4.69) is 10.6 Å².